The number of carbonyl (C=O) groups is 1. The highest BCUT2D eigenvalue weighted by molar-refractivity contribution is 6.05. The molecule has 0 atom stereocenters. The van der Waals surface area contributed by atoms with Crippen molar-refractivity contribution in [1.29, 1.82) is 0 Å². The highest BCUT2D eigenvalue weighted by Gasteiger charge is 2.16. The molecule has 1 aliphatic heterocycles. The predicted molar refractivity (Wildman–Crippen MR) is 98.0 cm³/mol. The van der Waals surface area contributed by atoms with Crippen molar-refractivity contribution in [1.82, 2.24) is 20.1 Å². The largest absolute Gasteiger partial charge is 0.354 e. The summed E-state index contributed by atoms with van der Waals surface area (Å²) >= 11 is 0. The number of fused-ring (bicyclic) bond motifs is 1. The number of piperazine rings is 1. The SMILES string of the molecule is CN1CCN(c2ccc(C(=O)Nc3ccc4[nH]ncc4c3)cn2)CC1. The number of H-pyrrole nitrogens is 1. The number of carbonyl (C=O) groups excluding carboxylic acids is 1. The zero-order valence-corrected chi connectivity index (χ0v) is 14.1. The average molecular weight is 336 g/mol. The van der Waals surface area contributed by atoms with E-state index in [1.54, 1.807) is 12.4 Å². The van der Waals surface area contributed by atoms with Gasteiger partial charge in [0.15, 0.2) is 0 Å². The van der Waals surface area contributed by atoms with Crippen molar-refractivity contribution in [3.05, 3.63) is 48.3 Å². The van der Waals surface area contributed by atoms with Gasteiger partial charge in [-0.1, -0.05) is 0 Å². The normalized spacial score (nSPS) is 15.5. The molecule has 2 aromatic heterocycles. The number of rotatable bonds is 3. The number of hydrogen-bond acceptors (Lipinski definition) is 5. The van der Waals surface area contributed by atoms with Gasteiger partial charge in [0, 0.05) is 43.4 Å². The van der Waals surface area contributed by atoms with E-state index < -0.39 is 0 Å². The van der Waals surface area contributed by atoms with Crippen molar-refractivity contribution >= 4 is 28.3 Å². The molecular formula is C18H20N6O. The molecule has 1 amide bonds. The Labute approximate surface area is 145 Å². The molecule has 2 N–H and O–H groups in total. The summed E-state index contributed by atoms with van der Waals surface area (Å²) in [7, 11) is 2.12. The lowest BCUT2D eigenvalue weighted by atomic mass is 10.2. The van der Waals surface area contributed by atoms with Gasteiger partial charge in [-0.25, -0.2) is 4.98 Å². The van der Waals surface area contributed by atoms with Crippen LogP contribution < -0.4 is 10.2 Å². The van der Waals surface area contributed by atoms with E-state index in [2.05, 4.69) is 37.3 Å². The molecule has 0 spiro atoms. The molecule has 1 saturated heterocycles. The first-order valence-electron chi connectivity index (χ1n) is 8.33. The quantitative estimate of drug-likeness (QED) is 0.765. The Kier molecular flexibility index (Phi) is 4.07. The minimum absolute atomic E-state index is 0.166. The summed E-state index contributed by atoms with van der Waals surface area (Å²) in [5.74, 6) is 0.754. The number of amides is 1. The Morgan fingerprint density at radius 2 is 1.96 bits per heavy atom. The van der Waals surface area contributed by atoms with Crippen molar-refractivity contribution < 1.29 is 4.79 Å². The van der Waals surface area contributed by atoms with Gasteiger partial charge in [-0.3, -0.25) is 9.89 Å². The molecule has 0 saturated carbocycles. The summed E-state index contributed by atoms with van der Waals surface area (Å²) in [6, 6.07) is 9.38. The fourth-order valence-corrected chi connectivity index (χ4v) is 2.97. The topological polar surface area (TPSA) is 77.1 Å². The van der Waals surface area contributed by atoms with Crippen LogP contribution in [0.5, 0.6) is 0 Å². The maximum atomic E-state index is 12.4. The third kappa shape index (κ3) is 3.32. The van der Waals surface area contributed by atoms with Crippen LogP contribution in [0.25, 0.3) is 10.9 Å². The number of anilines is 2. The van der Waals surface area contributed by atoms with Crippen LogP contribution >= 0.6 is 0 Å². The summed E-state index contributed by atoms with van der Waals surface area (Å²) in [4.78, 5) is 21.4. The van der Waals surface area contributed by atoms with Crippen molar-refractivity contribution in [2.45, 2.75) is 0 Å². The minimum Gasteiger partial charge on any atom is -0.354 e. The second-order valence-corrected chi connectivity index (χ2v) is 6.32. The highest BCUT2D eigenvalue weighted by Crippen LogP contribution is 2.18. The number of nitrogens with zero attached hydrogens (tertiary/aromatic N) is 4. The molecule has 128 valence electrons. The second kappa shape index (κ2) is 6.52. The lowest BCUT2D eigenvalue weighted by Gasteiger charge is -2.33. The Hall–Kier alpha value is -2.93. The number of pyridine rings is 1. The first kappa shape index (κ1) is 15.6. The molecule has 0 bridgehead atoms. The summed E-state index contributed by atoms with van der Waals surface area (Å²) in [6.45, 7) is 3.97. The third-order valence-electron chi connectivity index (χ3n) is 4.54. The summed E-state index contributed by atoms with van der Waals surface area (Å²) in [5.41, 5.74) is 2.23. The summed E-state index contributed by atoms with van der Waals surface area (Å²) in [5, 5.41) is 10.7. The Balaban J connectivity index is 1.44. The van der Waals surface area contributed by atoms with Crippen molar-refractivity contribution in [3.63, 3.8) is 0 Å². The van der Waals surface area contributed by atoms with E-state index in [9.17, 15) is 4.79 Å². The van der Waals surface area contributed by atoms with Crippen LogP contribution in [0.4, 0.5) is 11.5 Å². The maximum Gasteiger partial charge on any atom is 0.257 e. The number of likely N-dealkylation sites (N-methyl/N-ethyl adjacent to an activating group) is 1. The standard InChI is InChI=1S/C18H20N6O/c1-23-6-8-24(9-7-23)17-5-2-13(11-19-17)18(25)21-15-3-4-16-14(10-15)12-20-22-16/h2-5,10-12H,6-9H2,1H3,(H,20,22)(H,21,25). The van der Waals surface area contributed by atoms with Gasteiger partial charge in [0.05, 0.1) is 17.3 Å². The maximum absolute atomic E-state index is 12.4. The van der Waals surface area contributed by atoms with E-state index in [-0.39, 0.29) is 5.91 Å². The Morgan fingerprint density at radius 3 is 2.72 bits per heavy atom. The fraction of sp³-hybridized carbons (Fsp3) is 0.278. The van der Waals surface area contributed by atoms with Crippen LogP contribution in [0.1, 0.15) is 10.4 Å². The summed E-state index contributed by atoms with van der Waals surface area (Å²) < 4.78 is 0. The van der Waals surface area contributed by atoms with Crippen molar-refractivity contribution in [2.75, 3.05) is 43.4 Å². The van der Waals surface area contributed by atoms with E-state index in [0.717, 1.165) is 48.6 Å². The van der Waals surface area contributed by atoms with E-state index in [0.29, 0.717) is 5.56 Å². The van der Waals surface area contributed by atoms with E-state index in [1.807, 2.05) is 30.3 Å². The number of hydrogen-bond donors (Lipinski definition) is 2. The first-order chi connectivity index (χ1) is 12.2. The summed E-state index contributed by atoms with van der Waals surface area (Å²) in [6.07, 6.45) is 3.37. The van der Waals surface area contributed by atoms with Crippen LogP contribution in [0.3, 0.4) is 0 Å². The molecule has 0 aliphatic carbocycles. The number of benzene rings is 1. The molecule has 4 rings (SSSR count). The van der Waals surface area contributed by atoms with Gasteiger partial charge < -0.3 is 15.1 Å². The van der Waals surface area contributed by atoms with Gasteiger partial charge in [0.2, 0.25) is 0 Å². The van der Waals surface area contributed by atoms with Gasteiger partial charge >= 0.3 is 0 Å². The van der Waals surface area contributed by atoms with Crippen molar-refractivity contribution in [3.8, 4) is 0 Å². The van der Waals surface area contributed by atoms with Gasteiger partial charge in [-0.15, -0.1) is 0 Å². The Morgan fingerprint density at radius 1 is 1.12 bits per heavy atom. The van der Waals surface area contributed by atoms with Gasteiger partial charge in [-0.2, -0.15) is 5.10 Å². The Bertz CT molecular complexity index is 880. The van der Waals surface area contributed by atoms with E-state index >= 15 is 0 Å². The van der Waals surface area contributed by atoms with E-state index in [4.69, 9.17) is 0 Å². The van der Waals surface area contributed by atoms with Crippen LogP contribution in [-0.4, -0.2) is 59.2 Å². The van der Waals surface area contributed by atoms with Crippen LogP contribution in [0, 0.1) is 0 Å². The van der Waals surface area contributed by atoms with Gasteiger partial charge in [0.1, 0.15) is 5.82 Å². The lowest BCUT2D eigenvalue weighted by molar-refractivity contribution is 0.102. The smallest absolute Gasteiger partial charge is 0.257 e. The third-order valence-corrected chi connectivity index (χ3v) is 4.54. The molecule has 0 radical (unpaired) electrons. The zero-order chi connectivity index (χ0) is 17.2. The molecule has 25 heavy (non-hydrogen) atoms. The molecule has 3 aromatic rings. The van der Waals surface area contributed by atoms with Crippen LogP contribution in [-0.2, 0) is 0 Å². The first-order valence-corrected chi connectivity index (χ1v) is 8.33. The van der Waals surface area contributed by atoms with Gasteiger partial charge in [-0.05, 0) is 37.4 Å². The number of aromatic nitrogens is 3. The van der Waals surface area contributed by atoms with Crippen LogP contribution in [0.15, 0.2) is 42.7 Å². The van der Waals surface area contributed by atoms with Crippen molar-refractivity contribution in [2.24, 2.45) is 0 Å². The number of aromatic amines is 1. The molecule has 3 heterocycles. The van der Waals surface area contributed by atoms with E-state index in [1.165, 1.54) is 0 Å². The highest BCUT2D eigenvalue weighted by atomic mass is 16.1. The molecular weight excluding hydrogens is 316 g/mol. The average Bonchev–Trinajstić information content (AvgIpc) is 3.10. The molecule has 1 aromatic carbocycles. The van der Waals surface area contributed by atoms with Crippen LogP contribution in [0.2, 0.25) is 0 Å². The molecule has 7 heteroatoms. The minimum atomic E-state index is -0.166. The second-order valence-electron chi connectivity index (χ2n) is 6.32. The molecule has 1 aliphatic rings. The fourth-order valence-electron chi connectivity index (χ4n) is 2.97. The zero-order valence-electron chi connectivity index (χ0n) is 14.1. The molecule has 7 nitrogen and oxygen atoms in total. The monoisotopic (exact) mass is 336 g/mol. The molecule has 0 unspecified atom stereocenters. The predicted octanol–water partition coefficient (Wildman–Crippen LogP) is 1.96. The number of nitrogens with one attached hydrogen (secondary N) is 2. The molecule has 1 fully saturated rings. The lowest BCUT2D eigenvalue weighted by Crippen LogP contribution is -2.44. The van der Waals surface area contributed by atoms with Gasteiger partial charge in [0.25, 0.3) is 5.91 Å².